The second kappa shape index (κ2) is 50.1. The van der Waals surface area contributed by atoms with Gasteiger partial charge in [-0.2, -0.15) is 0 Å². The number of rotatable bonds is 49. The van der Waals surface area contributed by atoms with E-state index in [9.17, 15) is 19.8 Å². The van der Waals surface area contributed by atoms with Gasteiger partial charge in [0, 0.05) is 6.42 Å². The highest BCUT2D eigenvalue weighted by Gasteiger charge is 2.24. The quantitative estimate of drug-likeness (QED) is 0.0321. The zero-order valence-corrected chi connectivity index (χ0v) is 41.5. The maximum Gasteiger partial charge on any atom is 0.306 e. The van der Waals surface area contributed by atoms with Gasteiger partial charge in [-0.15, -0.1) is 0 Å². The Labute approximate surface area is 385 Å². The summed E-state index contributed by atoms with van der Waals surface area (Å²) in [5, 5.41) is 23.8. The Morgan fingerprint density at radius 3 is 1.31 bits per heavy atom. The average Bonchev–Trinajstić information content (AvgIpc) is 3.26. The molecule has 3 atom stereocenters. The van der Waals surface area contributed by atoms with E-state index in [1.54, 1.807) is 0 Å². The standard InChI is InChI=1S/C56H105NO5/c1-4-7-10-13-16-19-22-25-26-27-28-29-30-31-34-37-40-43-46-49-56(61)62-52(47-44-41-38-35-32-23-20-17-14-11-8-5-2)50-55(60)57-53(51-58)54(59)48-45-42-39-36-33-24-21-18-15-12-9-6-3/h16,19,25-26,35,38,52-54,58-59H,4-15,17-18,20-24,27-34,36-37,39-51H2,1-3H3,(H,57,60)/b19-16-,26-25-,38-35-. The fraction of sp³-hybridized carbons (Fsp3) is 0.857. The number of aliphatic hydroxyl groups excluding tert-OH is 2. The molecule has 0 aromatic carbocycles. The molecule has 0 aliphatic carbocycles. The summed E-state index contributed by atoms with van der Waals surface area (Å²) in [5.41, 5.74) is 0. The highest BCUT2D eigenvalue weighted by atomic mass is 16.5. The topological polar surface area (TPSA) is 95.9 Å². The van der Waals surface area contributed by atoms with E-state index in [0.29, 0.717) is 19.3 Å². The van der Waals surface area contributed by atoms with E-state index in [1.165, 1.54) is 173 Å². The molecule has 0 fully saturated rings. The minimum Gasteiger partial charge on any atom is -0.462 e. The Morgan fingerprint density at radius 1 is 0.468 bits per heavy atom. The molecule has 3 N–H and O–H groups in total. The highest BCUT2D eigenvalue weighted by Crippen LogP contribution is 2.17. The largest absolute Gasteiger partial charge is 0.462 e. The van der Waals surface area contributed by atoms with Crippen LogP contribution in [0.15, 0.2) is 36.5 Å². The second-order valence-electron chi connectivity index (χ2n) is 18.6. The molecule has 1 amide bonds. The molecule has 0 aromatic rings. The Kier molecular flexibility index (Phi) is 48.5. The number of carbonyl (C=O) groups is 2. The molecule has 0 rings (SSSR count). The third-order valence-corrected chi connectivity index (χ3v) is 12.4. The van der Waals surface area contributed by atoms with Crippen molar-refractivity contribution in [2.24, 2.45) is 0 Å². The van der Waals surface area contributed by atoms with E-state index < -0.39 is 18.2 Å². The lowest BCUT2D eigenvalue weighted by Crippen LogP contribution is -2.46. The number of hydrogen-bond acceptors (Lipinski definition) is 5. The minimum atomic E-state index is -0.792. The van der Waals surface area contributed by atoms with Gasteiger partial charge in [0.2, 0.25) is 5.91 Å². The van der Waals surface area contributed by atoms with Gasteiger partial charge in [-0.05, 0) is 77.0 Å². The summed E-state index contributed by atoms with van der Waals surface area (Å²) in [4.78, 5) is 26.2. The van der Waals surface area contributed by atoms with Gasteiger partial charge in [0.25, 0.3) is 0 Å². The van der Waals surface area contributed by atoms with Gasteiger partial charge in [-0.25, -0.2) is 0 Å². The van der Waals surface area contributed by atoms with Crippen LogP contribution >= 0.6 is 0 Å². The summed E-state index contributed by atoms with van der Waals surface area (Å²) in [6.07, 6.45) is 59.2. The molecule has 0 spiro atoms. The number of amides is 1. The lowest BCUT2D eigenvalue weighted by Gasteiger charge is -2.24. The highest BCUT2D eigenvalue weighted by molar-refractivity contribution is 5.77. The van der Waals surface area contributed by atoms with Gasteiger partial charge in [0.15, 0.2) is 0 Å². The normalized spacial score (nSPS) is 13.4. The predicted molar refractivity (Wildman–Crippen MR) is 269 cm³/mol. The summed E-state index contributed by atoms with van der Waals surface area (Å²) in [7, 11) is 0. The Bertz CT molecular complexity index is 1020. The van der Waals surface area contributed by atoms with Gasteiger partial charge in [-0.3, -0.25) is 9.59 Å². The van der Waals surface area contributed by atoms with E-state index >= 15 is 0 Å². The van der Waals surface area contributed by atoms with Crippen molar-refractivity contribution in [1.82, 2.24) is 5.32 Å². The van der Waals surface area contributed by atoms with Crippen LogP contribution in [-0.2, 0) is 14.3 Å². The third-order valence-electron chi connectivity index (χ3n) is 12.4. The Hall–Kier alpha value is -1.92. The zero-order chi connectivity index (χ0) is 45.2. The number of nitrogens with one attached hydrogen (secondary N) is 1. The van der Waals surface area contributed by atoms with Crippen LogP contribution in [0.5, 0.6) is 0 Å². The minimum absolute atomic E-state index is 0.0577. The Morgan fingerprint density at radius 2 is 0.839 bits per heavy atom. The van der Waals surface area contributed by atoms with Crippen molar-refractivity contribution in [3.05, 3.63) is 36.5 Å². The van der Waals surface area contributed by atoms with E-state index in [4.69, 9.17) is 4.74 Å². The fourth-order valence-electron chi connectivity index (χ4n) is 8.29. The smallest absolute Gasteiger partial charge is 0.306 e. The molecule has 364 valence electrons. The molecule has 0 bridgehead atoms. The van der Waals surface area contributed by atoms with Crippen molar-refractivity contribution in [2.75, 3.05) is 6.61 Å². The van der Waals surface area contributed by atoms with E-state index in [-0.39, 0.29) is 24.9 Å². The maximum atomic E-state index is 13.2. The fourth-order valence-corrected chi connectivity index (χ4v) is 8.29. The van der Waals surface area contributed by atoms with Crippen LogP contribution in [0.25, 0.3) is 0 Å². The number of unbranched alkanes of at least 4 members (excludes halogenated alkanes) is 31. The predicted octanol–water partition coefficient (Wildman–Crippen LogP) is 16.5. The van der Waals surface area contributed by atoms with Gasteiger partial charge >= 0.3 is 5.97 Å². The summed E-state index contributed by atoms with van der Waals surface area (Å²) in [6, 6.07) is -0.708. The van der Waals surface area contributed by atoms with Crippen LogP contribution in [0.4, 0.5) is 0 Å². The first kappa shape index (κ1) is 60.1. The van der Waals surface area contributed by atoms with Crippen molar-refractivity contribution in [3.8, 4) is 0 Å². The first-order chi connectivity index (χ1) is 30.5. The molecule has 0 heterocycles. The van der Waals surface area contributed by atoms with Crippen molar-refractivity contribution < 1.29 is 24.5 Å². The average molecular weight is 872 g/mol. The van der Waals surface area contributed by atoms with Crippen LogP contribution in [0, 0.1) is 0 Å². The lowest BCUT2D eigenvalue weighted by atomic mass is 10.0. The van der Waals surface area contributed by atoms with Crippen LogP contribution in [-0.4, -0.2) is 46.9 Å². The molecular formula is C56H105NO5. The van der Waals surface area contributed by atoms with Crippen LogP contribution in [0.1, 0.15) is 284 Å². The van der Waals surface area contributed by atoms with Crippen molar-refractivity contribution in [1.29, 1.82) is 0 Å². The molecule has 3 unspecified atom stereocenters. The molecule has 62 heavy (non-hydrogen) atoms. The third kappa shape index (κ3) is 44.7. The lowest BCUT2D eigenvalue weighted by molar-refractivity contribution is -0.151. The number of ether oxygens (including phenoxy) is 1. The molecule has 0 aliphatic heterocycles. The molecular weight excluding hydrogens is 767 g/mol. The van der Waals surface area contributed by atoms with E-state index in [1.807, 2.05) is 0 Å². The van der Waals surface area contributed by atoms with Crippen LogP contribution < -0.4 is 5.32 Å². The van der Waals surface area contributed by atoms with E-state index in [2.05, 4.69) is 62.5 Å². The number of hydrogen-bond donors (Lipinski definition) is 3. The molecule has 0 aromatic heterocycles. The maximum absolute atomic E-state index is 13.2. The van der Waals surface area contributed by atoms with Crippen LogP contribution in [0.2, 0.25) is 0 Å². The molecule has 0 saturated carbocycles. The van der Waals surface area contributed by atoms with E-state index in [0.717, 1.165) is 64.2 Å². The second-order valence-corrected chi connectivity index (χ2v) is 18.6. The SMILES string of the molecule is CCCCC/C=C\C/C=C\CCCCCCCCCCCC(=O)OC(CCC/C=C\CCCCCCCCC)CC(=O)NC(CO)C(O)CCCCCCCCCCCCCC. The van der Waals surface area contributed by atoms with Crippen molar-refractivity contribution >= 4 is 11.9 Å². The molecule has 0 radical (unpaired) electrons. The van der Waals surface area contributed by atoms with Gasteiger partial charge in [-0.1, -0.05) is 231 Å². The number of aliphatic hydroxyl groups is 2. The number of allylic oxidation sites excluding steroid dienone is 6. The summed E-state index contributed by atoms with van der Waals surface area (Å²) < 4.78 is 5.93. The monoisotopic (exact) mass is 872 g/mol. The zero-order valence-electron chi connectivity index (χ0n) is 41.5. The molecule has 6 heteroatoms. The van der Waals surface area contributed by atoms with Crippen molar-refractivity contribution in [2.45, 2.75) is 302 Å². The number of esters is 1. The first-order valence-electron chi connectivity index (χ1n) is 27.2. The van der Waals surface area contributed by atoms with Crippen LogP contribution in [0.3, 0.4) is 0 Å². The van der Waals surface area contributed by atoms with Crippen molar-refractivity contribution in [3.63, 3.8) is 0 Å². The van der Waals surface area contributed by atoms with Gasteiger partial charge in [0.1, 0.15) is 6.10 Å². The summed E-state index contributed by atoms with van der Waals surface area (Å²) in [5.74, 6) is -0.498. The summed E-state index contributed by atoms with van der Waals surface area (Å²) in [6.45, 7) is 6.46. The Balaban J connectivity index is 4.52. The molecule has 6 nitrogen and oxygen atoms in total. The number of carbonyl (C=O) groups excluding carboxylic acids is 2. The molecule has 0 aliphatic rings. The first-order valence-corrected chi connectivity index (χ1v) is 27.2. The van der Waals surface area contributed by atoms with Gasteiger partial charge < -0.3 is 20.3 Å². The summed E-state index contributed by atoms with van der Waals surface area (Å²) >= 11 is 0. The molecule has 0 saturated heterocycles. The van der Waals surface area contributed by atoms with Gasteiger partial charge in [0.05, 0.1) is 25.2 Å².